The highest BCUT2D eigenvalue weighted by Gasteiger charge is 2.76. The molecule has 1 aromatic carbocycles. The Morgan fingerprint density at radius 3 is 2.51 bits per heavy atom. The molecule has 3 saturated heterocycles. The van der Waals surface area contributed by atoms with Crippen LogP contribution in [0.5, 0.6) is 0 Å². The molecule has 2 bridgehead atoms. The Labute approximate surface area is 225 Å². The summed E-state index contributed by atoms with van der Waals surface area (Å²) in [7, 11) is 0. The minimum Gasteiger partial charge on any atom is -0.394 e. The van der Waals surface area contributed by atoms with Crippen molar-refractivity contribution in [1.82, 2.24) is 15.5 Å². The number of aliphatic hydroxyl groups is 1. The lowest BCUT2D eigenvalue weighted by Crippen LogP contribution is -2.60. The molecule has 0 aliphatic carbocycles. The topological polar surface area (TPSA) is 98.7 Å². The Morgan fingerprint density at radius 1 is 1.19 bits per heavy atom. The molecule has 3 amide bonds. The highest BCUT2D eigenvalue weighted by Crippen LogP contribution is 2.68. The van der Waals surface area contributed by atoms with Crippen LogP contribution in [-0.2, 0) is 20.9 Å². The molecular formula is C29H43N3O4S. The van der Waals surface area contributed by atoms with Crippen LogP contribution in [0.25, 0.3) is 0 Å². The maximum atomic E-state index is 14.3. The second-order valence-electron chi connectivity index (χ2n) is 11.3. The second kappa shape index (κ2) is 11.4. The number of hydrogen-bond donors (Lipinski definition) is 3. The van der Waals surface area contributed by atoms with Crippen LogP contribution in [0.4, 0.5) is 0 Å². The third-order valence-corrected chi connectivity index (χ3v) is 11.1. The first kappa shape index (κ1) is 28.0. The van der Waals surface area contributed by atoms with E-state index in [-0.39, 0.29) is 47.5 Å². The molecule has 9 atom stereocenters. The Balaban J connectivity index is 1.69. The summed E-state index contributed by atoms with van der Waals surface area (Å²) >= 11 is 1.68. The zero-order valence-corrected chi connectivity index (χ0v) is 23.6. The van der Waals surface area contributed by atoms with Gasteiger partial charge < -0.3 is 20.6 Å². The monoisotopic (exact) mass is 529 g/mol. The normalized spacial score (nSPS) is 32.6. The molecular weight excluding hydrogens is 486 g/mol. The number of carbonyl (C=O) groups excluding carboxylic acids is 3. The summed E-state index contributed by atoms with van der Waals surface area (Å²) in [6, 6.07) is 8.59. The number of benzene rings is 1. The van der Waals surface area contributed by atoms with Crippen molar-refractivity contribution in [1.29, 1.82) is 0 Å². The lowest BCUT2D eigenvalue weighted by atomic mass is 9.65. The SMILES string of the molecule is CCCC(C)NC(=O)C1N([C@@H](CO)[C@@H](C)CC)C(=O)[C@@H]2[C@H](C(=O)NCc3ccccc3)[C@@H]3CC(C)C12S3. The van der Waals surface area contributed by atoms with Crippen molar-refractivity contribution in [2.45, 2.75) is 95.0 Å². The molecule has 1 spiro atoms. The van der Waals surface area contributed by atoms with Gasteiger partial charge in [-0.3, -0.25) is 14.4 Å². The quantitative estimate of drug-likeness (QED) is 0.408. The first-order valence-electron chi connectivity index (χ1n) is 13.9. The number of hydrogen-bond acceptors (Lipinski definition) is 5. The van der Waals surface area contributed by atoms with E-state index >= 15 is 0 Å². The van der Waals surface area contributed by atoms with Gasteiger partial charge in [0.25, 0.3) is 0 Å². The van der Waals surface area contributed by atoms with E-state index in [9.17, 15) is 19.5 Å². The average Bonchev–Trinajstić information content (AvgIpc) is 3.47. The van der Waals surface area contributed by atoms with Gasteiger partial charge in [0.2, 0.25) is 17.7 Å². The molecule has 1 aromatic rings. The Bertz CT molecular complexity index is 991. The van der Waals surface area contributed by atoms with E-state index in [1.165, 1.54) is 0 Å². The van der Waals surface area contributed by atoms with Crippen molar-refractivity contribution in [2.24, 2.45) is 23.7 Å². The van der Waals surface area contributed by atoms with Crippen LogP contribution in [0, 0.1) is 23.7 Å². The van der Waals surface area contributed by atoms with Crippen LogP contribution < -0.4 is 10.6 Å². The predicted molar refractivity (Wildman–Crippen MR) is 147 cm³/mol. The van der Waals surface area contributed by atoms with E-state index in [2.05, 4.69) is 24.5 Å². The standard InChI is InChI=1S/C29H43N3O4S/c1-6-11-19(5)31-27(35)25-29-18(4)14-22(37-29)23(26(34)30-15-20-12-9-8-10-13-20)24(29)28(36)32(25)21(16-33)17(3)7-2/h8-10,12-13,17-19,21-25,33H,6-7,11,14-16H2,1-5H3,(H,30,34)(H,31,35)/t17-,18?,19?,21-,22-,23+,24-,25?,29?/m0/s1. The molecule has 0 aromatic heterocycles. The molecule has 3 aliphatic rings. The van der Waals surface area contributed by atoms with Crippen molar-refractivity contribution in [3.63, 3.8) is 0 Å². The summed E-state index contributed by atoms with van der Waals surface area (Å²) in [6.45, 7) is 10.5. The highest BCUT2D eigenvalue weighted by atomic mass is 32.2. The fourth-order valence-electron chi connectivity index (χ4n) is 6.96. The largest absolute Gasteiger partial charge is 0.394 e. The molecule has 37 heavy (non-hydrogen) atoms. The Morgan fingerprint density at radius 2 is 1.89 bits per heavy atom. The number of thioether (sulfide) groups is 1. The van der Waals surface area contributed by atoms with Gasteiger partial charge in [-0.25, -0.2) is 0 Å². The molecule has 0 radical (unpaired) electrons. The zero-order chi connectivity index (χ0) is 26.9. The van der Waals surface area contributed by atoms with Crippen LogP contribution in [-0.4, -0.2) is 62.5 Å². The van der Waals surface area contributed by atoms with Crippen molar-refractivity contribution in [3.8, 4) is 0 Å². The van der Waals surface area contributed by atoms with Crippen molar-refractivity contribution in [2.75, 3.05) is 6.61 Å². The summed E-state index contributed by atoms with van der Waals surface area (Å²) in [5.74, 6) is -1.34. The molecule has 4 unspecified atom stereocenters. The van der Waals surface area contributed by atoms with Gasteiger partial charge in [0.15, 0.2) is 0 Å². The van der Waals surface area contributed by atoms with Crippen molar-refractivity contribution >= 4 is 29.5 Å². The number of nitrogens with one attached hydrogen (secondary N) is 2. The zero-order valence-electron chi connectivity index (χ0n) is 22.8. The highest BCUT2D eigenvalue weighted by molar-refractivity contribution is 8.02. The molecule has 3 heterocycles. The summed E-state index contributed by atoms with van der Waals surface area (Å²) in [5.41, 5.74) is 1.01. The van der Waals surface area contributed by atoms with Crippen LogP contribution in [0.1, 0.15) is 65.9 Å². The van der Waals surface area contributed by atoms with Gasteiger partial charge in [0.1, 0.15) is 6.04 Å². The van der Waals surface area contributed by atoms with Gasteiger partial charge in [0.05, 0.1) is 29.2 Å². The molecule has 3 fully saturated rings. The molecule has 3 N–H and O–H groups in total. The predicted octanol–water partition coefficient (Wildman–Crippen LogP) is 3.35. The Hall–Kier alpha value is -2.06. The van der Waals surface area contributed by atoms with E-state index in [4.69, 9.17) is 0 Å². The van der Waals surface area contributed by atoms with Gasteiger partial charge in [-0.1, -0.05) is 70.9 Å². The molecule has 8 heteroatoms. The molecule has 0 saturated carbocycles. The van der Waals surface area contributed by atoms with Crippen LogP contribution >= 0.6 is 11.8 Å². The van der Waals surface area contributed by atoms with Gasteiger partial charge in [-0.2, -0.15) is 0 Å². The first-order chi connectivity index (χ1) is 17.7. The van der Waals surface area contributed by atoms with Crippen LogP contribution in [0.2, 0.25) is 0 Å². The van der Waals surface area contributed by atoms with Crippen LogP contribution in [0.15, 0.2) is 30.3 Å². The fraction of sp³-hybridized carbons (Fsp3) is 0.690. The average molecular weight is 530 g/mol. The number of carbonyl (C=O) groups is 3. The number of likely N-dealkylation sites (tertiary alicyclic amines) is 1. The number of rotatable bonds is 11. The van der Waals surface area contributed by atoms with Gasteiger partial charge >= 0.3 is 0 Å². The van der Waals surface area contributed by atoms with E-state index < -0.39 is 28.7 Å². The summed E-state index contributed by atoms with van der Waals surface area (Å²) in [5, 5.41) is 16.7. The number of fused-ring (bicyclic) bond motifs is 1. The van der Waals surface area contributed by atoms with Crippen molar-refractivity contribution in [3.05, 3.63) is 35.9 Å². The summed E-state index contributed by atoms with van der Waals surface area (Å²) < 4.78 is -0.673. The maximum absolute atomic E-state index is 14.3. The number of nitrogens with zero attached hydrogens (tertiary/aromatic N) is 1. The third kappa shape index (κ3) is 4.80. The van der Waals surface area contributed by atoms with Gasteiger partial charge in [-0.15, -0.1) is 11.8 Å². The Kier molecular flexibility index (Phi) is 8.58. The summed E-state index contributed by atoms with van der Waals surface area (Å²) in [4.78, 5) is 43.6. The molecule has 7 nitrogen and oxygen atoms in total. The van der Waals surface area contributed by atoms with Gasteiger partial charge in [-0.05, 0) is 37.2 Å². The van der Waals surface area contributed by atoms with E-state index in [0.29, 0.717) is 6.54 Å². The minimum atomic E-state index is -0.702. The van der Waals surface area contributed by atoms with E-state index in [1.807, 2.05) is 51.1 Å². The summed E-state index contributed by atoms with van der Waals surface area (Å²) in [6.07, 6.45) is 3.38. The van der Waals surface area contributed by atoms with Gasteiger partial charge in [0, 0.05) is 17.8 Å². The molecule has 4 rings (SSSR count). The molecule has 204 valence electrons. The maximum Gasteiger partial charge on any atom is 0.244 e. The van der Waals surface area contributed by atoms with Crippen LogP contribution in [0.3, 0.4) is 0 Å². The van der Waals surface area contributed by atoms with Crippen molar-refractivity contribution < 1.29 is 19.5 Å². The smallest absolute Gasteiger partial charge is 0.244 e. The second-order valence-corrected chi connectivity index (χ2v) is 12.9. The lowest BCUT2D eigenvalue weighted by molar-refractivity contribution is -0.144. The first-order valence-corrected chi connectivity index (χ1v) is 14.8. The lowest BCUT2D eigenvalue weighted by Gasteiger charge is -2.41. The van der Waals surface area contributed by atoms with E-state index in [1.54, 1.807) is 16.7 Å². The third-order valence-electron chi connectivity index (χ3n) is 9.00. The van der Waals surface area contributed by atoms with E-state index in [0.717, 1.165) is 31.2 Å². The number of aliphatic hydroxyl groups excluding tert-OH is 1. The number of amides is 3. The minimum absolute atomic E-state index is 0.00131. The molecule has 3 aliphatic heterocycles. The fourth-order valence-corrected chi connectivity index (χ4v) is 9.37.